The van der Waals surface area contributed by atoms with Crippen LogP contribution in [0.5, 0.6) is 0 Å². The van der Waals surface area contributed by atoms with Crippen molar-refractivity contribution in [3.05, 3.63) is 65.7 Å². The van der Waals surface area contributed by atoms with E-state index in [4.69, 9.17) is 0 Å². The van der Waals surface area contributed by atoms with Crippen LogP contribution in [0.4, 0.5) is 11.4 Å². The Kier molecular flexibility index (Phi) is 8.78. The van der Waals surface area contributed by atoms with Gasteiger partial charge in [-0.3, -0.25) is 4.79 Å². The van der Waals surface area contributed by atoms with Crippen molar-refractivity contribution in [3.63, 3.8) is 0 Å². The smallest absolute Gasteiger partial charge is 0.228 e. The number of amides is 1. The highest BCUT2D eigenvalue weighted by Gasteiger charge is 2.14. The number of hydrogen-bond acceptors (Lipinski definition) is 3. The van der Waals surface area contributed by atoms with Crippen LogP contribution in [0, 0.1) is 0 Å². The molecule has 0 bridgehead atoms. The fourth-order valence-electron chi connectivity index (χ4n) is 4.45. The Labute approximate surface area is 194 Å². The van der Waals surface area contributed by atoms with Gasteiger partial charge in [-0.05, 0) is 67.0 Å². The second-order valence-electron chi connectivity index (χ2n) is 9.02. The van der Waals surface area contributed by atoms with Gasteiger partial charge in [0.25, 0.3) is 0 Å². The molecule has 2 N–H and O–H groups in total. The number of carbonyl (C=O) groups excluding carboxylic acids is 1. The third-order valence-electron chi connectivity index (χ3n) is 6.51. The van der Waals surface area contributed by atoms with Gasteiger partial charge in [0, 0.05) is 42.8 Å². The monoisotopic (exact) mass is 433 g/mol. The Morgan fingerprint density at radius 3 is 2.47 bits per heavy atom. The highest BCUT2D eigenvalue weighted by Crippen LogP contribution is 2.29. The predicted molar refractivity (Wildman–Crippen MR) is 137 cm³/mol. The van der Waals surface area contributed by atoms with Gasteiger partial charge in [0.1, 0.15) is 0 Å². The van der Waals surface area contributed by atoms with Crippen molar-refractivity contribution in [2.75, 3.05) is 30.4 Å². The number of anilines is 2. The van der Waals surface area contributed by atoms with Crippen LogP contribution in [0.1, 0.15) is 75.0 Å². The lowest BCUT2D eigenvalue weighted by molar-refractivity contribution is -0.119. The first-order chi connectivity index (χ1) is 15.5. The van der Waals surface area contributed by atoms with E-state index in [-0.39, 0.29) is 5.91 Å². The first-order valence-electron chi connectivity index (χ1n) is 12.2. The molecule has 1 atom stereocenters. The van der Waals surface area contributed by atoms with Gasteiger partial charge in [-0.15, -0.1) is 0 Å². The maximum Gasteiger partial charge on any atom is 0.228 e. The lowest BCUT2D eigenvalue weighted by Gasteiger charge is -2.28. The maximum atomic E-state index is 12.7. The zero-order valence-electron chi connectivity index (χ0n) is 20.0. The number of rotatable bonds is 10. The molecule has 1 aliphatic rings. The molecule has 32 heavy (non-hydrogen) atoms. The summed E-state index contributed by atoms with van der Waals surface area (Å²) in [5.74, 6) is 0.453. The molecule has 1 aliphatic heterocycles. The van der Waals surface area contributed by atoms with Gasteiger partial charge in [0.15, 0.2) is 0 Å². The number of nitrogens with zero attached hydrogens (tertiary/aromatic N) is 1. The number of piperidine rings is 1. The second-order valence-corrected chi connectivity index (χ2v) is 9.02. The molecule has 172 valence electrons. The van der Waals surface area contributed by atoms with E-state index < -0.39 is 0 Å². The summed E-state index contributed by atoms with van der Waals surface area (Å²) < 4.78 is 0. The zero-order valence-corrected chi connectivity index (χ0v) is 20.0. The largest absolute Gasteiger partial charge is 0.388 e. The molecule has 4 heteroatoms. The summed E-state index contributed by atoms with van der Waals surface area (Å²) in [6, 6.07) is 14.9. The molecule has 1 fully saturated rings. The molecule has 0 radical (unpaired) electrons. The predicted octanol–water partition coefficient (Wildman–Crippen LogP) is 6.34. The van der Waals surface area contributed by atoms with Crippen molar-refractivity contribution in [3.8, 4) is 0 Å². The summed E-state index contributed by atoms with van der Waals surface area (Å²) in [7, 11) is 1.90. The molecule has 2 aromatic carbocycles. The molecule has 0 aromatic heterocycles. The van der Waals surface area contributed by atoms with Crippen LogP contribution in [0.3, 0.4) is 0 Å². The van der Waals surface area contributed by atoms with Crippen molar-refractivity contribution in [2.24, 2.45) is 0 Å². The average molecular weight is 434 g/mol. The van der Waals surface area contributed by atoms with Gasteiger partial charge in [-0.25, -0.2) is 0 Å². The van der Waals surface area contributed by atoms with Gasteiger partial charge in [0.2, 0.25) is 5.91 Å². The minimum absolute atomic E-state index is 0.0350. The lowest BCUT2D eigenvalue weighted by atomic mass is 9.93. The minimum Gasteiger partial charge on any atom is -0.388 e. The van der Waals surface area contributed by atoms with Crippen LogP contribution in [0.25, 0.3) is 5.70 Å². The summed E-state index contributed by atoms with van der Waals surface area (Å²) in [5.41, 5.74) is 6.15. The van der Waals surface area contributed by atoms with E-state index >= 15 is 0 Å². The van der Waals surface area contributed by atoms with Gasteiger partial charge >= 0.3 is 0 Å². The number of hydrogen-bond donors (Lipinski definition) is 2. The first-order valence-corrected chi connectivity index (χ1v) is 12.2. The number of carbonyl (C=O) groups is 1. The Bertz CT molecular complexity index is 897. The molecule has 3 rings (SSSR count). The molecule has 0 saturated carbocycles. The van der Waals surface area contributed by atoms with Crippen LogP contribution < -0.4 is 15.5 Å². The molecule has 1 saturated heterocycles. The molecule has 0 spiro atoms. The van der Waals surface area contributed by atoms with Gasteiger partial charge < -0.3 is 15.5 Å². The van der Waals surface area contributed by atoms with E-state index in [1.807, 2.05) is 7.05 Å². The van der Waals surface area contributed by atoms with Crippen LogP contribution in [-0.2, 0) is 11.2 Å². The van der Waals surface area contributed by atoms with Crippen LogP contribution in [0.15, 0.2) is 49.0 Å². The van der Waals surface area contributed by atoms with E-state index in [0.717, 1.165) is 29.9 Å². The Balaban J connectivity index is 1.62. The summed E-state index contributed by atoms with van der Waals surface area (Å²) in [4.78, 5) is 15.2. The summed E-state index contributed by atoms with van der Waals surface area (Å²) in [6.45, 7) is 10.9. The van der Waals surface area contributed by atoms with Crippen LogP contribution >= 0.6 is 0 Å². The van der Waals surface area contributed by atoms with E-state index in [1.165, 1.54) is 49.8 Å². The van der Waals surface area contributed by atoms with Gasteiger partial charge in [-0.2, -0.15) is 0 Å². The van der Waals surface area contributed by atoms with Gasteiger partial charge in [0.05, 0.1) is 6.42 Å². The quantitative estimate of drug-likeness (QED) is 0.459. The maximum absolute atomic E-state index is 12.7. The Morgan fingerprint density at radius 2 is 1.81 bits per heavy atom. The summed E-state index contributed by atoms with van der Waals surface area (Å²) >= 11 is 0. The van der Waals surface area contributed by atoms with Crippen molar-refractivity contribution >= 4 is 23.0 Å². The summed E-state index contributed by atoms with van der Waals surface area (Å²) in [6.07, 6.45) is 7.79. The normalized spacial score (nSPS) is 14.7. The van der Waals surface area contributed by atoms with E-state index in [0.29, 0.717) is 18.0 Å². The van der Waals surface area contributed by atoms with Gasteiger partial charge in [-0.1, -0.05) is 51.5 Å². The highest BCUT2D eigenvalue weighted by atomic mass is 16.1. The Hall–Kier alpha value is -2.75. The first kappa shape index (κ1) is 23.9. The third-order valence-corrected chi connectivity index (χ3v) is 6.51. The zero-order chi connectivity index (χ0) is 22.9. The molecule has 1 amide bonds. The van der Waals surface area contributed by atoms with E-state index in [2.05, 4.69) is 78.4 Å². The minimum atomic E-state index is -0.0350. The third kappa shape index (κ3) is 6.38. The molecule has 2 aromatic rings. The molecule has 1 unspecified atom stereocenters. The average Bonchev–Trinajstić information content (AvgIpc) is 2.83. The standard InChI is InChI=1S/C28H39N3O/c1-5-6-10-21(2)24-13-16-27(29-4)26(20-24)22(3)30-28(32)19-23-11-14-25(15-12-23)31-17-8-7-9-18-31/h11-16,20-21,29H,3,5-10,17-19H2,1-2,4H3,(H,30,32). The lowest BCUT2D eigenvalue weighted by Crippen LogP contribution is -2.29. The topological polar surface area (TPSA) is 44.4 Å². The molecule has 4 nitrogen and oxygen atoms in total. The fourth-order valence-corrected chi connectivity index (χ4v) is 4.45. The number of benzene rings is 2. The van der Waals surface area contributed by atoms with Crippen LogP contribution in [-0.4, -0.2) is 26.0 Å². The number of unbranched alkanes of at least 4 members (excludes halogenated alkanes) is 1. The second kappa shape index (κ2) is 11.8. The summed E-state index contributed by atoms with van der Waals surface area (Å²) in [5, 5.41) is 6.25. The highest BCUT2D eigenvalue weighted by molar-refractivity contribution is 5.90. The van der Waals surface area contributed by atoms with Crippen molar-refractivity contribution in [1.29, 1.82) is 0 Å². The molecule has 1 heterocycles. The molecule has 0 aliphatic carbocycles. The van der Waals surface area contributed by atoms with Crippen molar-refractivity contribution in [1.82, 2.24) is 5.32 Å². The Morgan fingerprint density at radius 1 is 1.09 bits per heavy atom. The van der Waals surface area contributed by atoms with Crippen molar-refractivity contribution < 1.29 is 4.79 Å². The van der Waals surface area contributed by atoms with Crippen LogP contribution in [0.2, 0.25) is 0 Å². The van der Waals surface area contributed by atoms with E-state index in [1.54, 1.807) is 0 Å². The number of nitrogens with one attached hydrogen (secondary N) is 2. The van der Waals surface area contributed by atoms with E-state index in [9.17, 15) is 4.79 Å². The van der Waals surface area contributed by atoms with Crippen molar-refractivity contribution in [2.45, 2.75) is 64.7 Å². The molecular formula is C28H39N3O. The molecular weight excluding hydrogens is 394 g/mol. The fraction of sp³-hybridized carbons (Fsp3) is 0.464. The SMILES string of the molecule is C=C(NC(=O)Cc1ccc(N2CCCCC2)cc1)c1cc(C(C)CCCC)ccc1NC.